The van der Waals surface area contributed by atoms with Gasteiger partial charge in [0.15, 0.2) is 5.60 Å². The van der Waals surface area contributed by atoms with Crippen molar-refractivity contribution in [1.29, 1.82) is 0 Å². The van der Waals surface area contributed by atoms with E-state index in [0.717, 1.165) is 12.1 Å². The predicted octanol–water partition coefficient (Wildman–Crippen LogP) is 1.64. The summed E-state index contributed by atoms with van der Waals surface area (Å²) >= 11 is 0. The maximum atomic E-state index is 12.3. The van der Waals surface area contributed by atoms with Crippen LogP contribution in [0.15, 0.2) is 24.3 Å². The number of likely N-dealkylation sites (tertiary alicyclic amines) is 1. The molecule has 0 aliphatic carbocycles. The number of ether oxygens (including phenoxy) is 1. The molecule has 1 heterocycles. The second-order valence-corrected chi connectivity index (χ2v) is 5.20. The van der Waals surface area contributed by atoms with Crippen molar-refractivity contribution in [3.63, 3.8) is 0 Å². The minimum Gasteiger partial charge on any atom is -0.479 e. The number of aliphatic hydroxyl groups is 1. The first kappa shape index (κ1) is 17.1. The molecule has 1 amide bonds. The Morgan fingerprint density at radius 2 is 1.83 bits per heavy atom. The number of hydrogen-bond acceptors (Lipinski definition) is 4. The highest BCUT2D eigenvalue weighted by molar-refractivity contribution is 5.94. The van der Waals surface area contributed by atoms with Crippen molar-refractivity contribution in [2.24, 2.45) is 0 Å². The third-order valence-corrected chi connectivity index (χ3v) is 3.59. The van der Waals surface area contributed by atoms with Gasteiger partial charge in [-0.1, -0.05) is 6.07 Å². The molecule has 1 fully saturated rings. The van der Waals surface area contributed by atoms with Gasteiger partial charge in [0.05, 0.1) is 0 Å². The molecule has 0 saturated carbocycles. The Balaban J connectivity index is 2.07. The van der Waals surface area contributed by atoms with E-state index in [1.165, 1.54) is 17.0 Å². The first-order valence-corrected chi connectivity index (χ1v) is 6.72. The number of alkyl halides is 3. The lowest BCUT2D eigenvalue weighted by Crippen LogP contribution is -2.50. The molecule has 1 aromatic rings. The van der Waals surface area contributed by atoms with Crippen molar-refractivity contribution in [2.75, 3.05) is 13.1 Å². The molecular formula is C14H14F3NO5. The molecule has 0 spiro atoms. The monoisotopic (exact) mass is 333 g/mol. The van der Waals surface area contributed by atoms with Crippen LogP contribution in [0.25, 0.3) is 0 Å². The molecule has 1 aliphatic rings. The van der Waals surface area contributed by atoms with E-state index in [1.54, 1.807) is 0 Å². The van der Waals surface area contributed by atoms with Crippen molar-refractivity contribution in [1.82, 2.24) is 4.90 Å². The number of amides is 1. The van der Waals surface area contributed by atoms with Crippen LogP contribution in [0, 0.1) is 0 Å². The lowest BCUT2D eigenvalue weighted by molar-refractivity contribution is -0.274. The van der Waals surface area contributed by atoms with Crippen LogP contribution in [0.2, 0.25) is 0 Å². The number of aliphatic carboxylic acids is 1. The van der Waals surface area contributed by atoms with Gasteiger partial charge >= 0.3 is 12.3 Å². The highest BCUT2D eigenvalue weighted by Crippen LogP contribution is 2.26. The fourth-order valence-electron chi connectivity index (χ4n) is 2.30. The van der Waals surface area contributed by atoms with E-state index in [0.29, 0.717) is 0 Å². The van der Waals surface area contributed by atoms with Crippen molar-refractivity contribution >= 4 is 11.9 Å². The summed E-state index contributed by atoms with van der Waals surface area (Å²) in [6.45, 7) is -0.0159. The van der Waals surface area contributed by atoms with Gasteiger partial charge in [0.25, 0.3) is 5.91 Å². The third kappa shape index (κ3) is 4.13. The molecule has 23 heavy (non-hydrogen) atoms. The Kier molecular flexibility index (Phi) is 4.51. The summed E-state index contributed by atoms with van der Waals surface area (Å²) < 4.78 is 40.3. The van der Waals surface area contributed by atoms with E-state index in [4.69, 9.17) is 5.11 Å². The Bertz CT molecular complexity index is 609. The van der Waals surface area contributed by atoms with Crippen LogP contribution in [0.3, 0.4) is 0 Å². The Hall–Kier alpha value is -2.29. The number of carboxylic acids is 1. The van der Waals surface area contributed by atoms with Gasteiger partial charge in [0.1, 0.15) is 5.75 Å². The van der Waals surface area contributed by atoms with E-state index in [9.17, 15) is 27.9 Å². The number of carboxylic acid groups (broad SMARTS) is 1. The predicted molar refractivity (Wildman–Crippen MR) is 70.8 cm³/mol. The minimum absolute atomic E-state index is 0.00693. The zero-order valence-corrected chi connectivity index (χ0v) is 11.8. The second-order valence-electron chi connectivity index (χ2n) is 5.20. The molecule has 0 bridgehead atoms. The summed E-state index contributed by atoms with van der Waals surface area (Å²) in [6, 6.07) is 4.63. The number of benzene rings is 1. The zero-order valence-electron chi connectivity index (χ0n) is 11.8. The van der Waals surface area contributed by atoms with Crippen LogP contribution in [0.4, 0.5) is 13.2 Å². The molecule has 0 aromatic heterocycles. The van der Waals surface area contributed by atoms with Crippen molar-refractivity contribution in [2.45, 2.75) is 24.8 Å². The van der Waals surface area contributed by atoms with Crippen LogP contribution >= 0.6 is 0 Å². The first-order chi connectivity index (χ1) is 10.6. The van der Waals surface area contributed by atoms with Gasteiger partial charge in [0, 0.05) is 31.5 Å². The number of nitrogens with zero attached hydrogens (tertiary/aromatic N) is 1. The standard InChI is InChI=1S/C14H14F3NO5/c15-14(16,17)23-10-3-1-2-9(8-10)11(19)18-6-4-13(22,5-7-18)12(20)21/h1-3,8,22H,4-7H2,(H,20,21). The molecule has 1 aromatic carbocycles. The summed E-state index contributed by atoms with van der Waals surface area (Å²) in [7, 11) is 0. The maximum Gasteiger partial charge on any atom is 0.573 e. The molecular weight excluding hydrogens is 319 g/mol. The van der Waals surface area contributed by atoms with E-state index >= 15 is 0 Å². The summed E-state index contributed by atoms with van der Waals surface area (Å²) in [4.78, 5) is 24.5. The zero-order chi connectivity index (χ0) is 17.3. The van der Waals surface area contributed by atoms with Gasteiger partial charge in [-0.2, -0.15) is 0 Å². The van der Waals surface area contributed by atoms with Crippen molar-refractivity contribution < 1.29 is 37.7 Å². The fraction of sp³-hybridized carbons (Fsp3) is 0.429. The molecule has 1 saturated heterocycles. The van der Waals surface area contributed by atoms with Crippen molar-refractivity contribution in [3.05, 3.63) is 29.8 Å². The average Bonchev–Trinajstić information content (AvgIpc) is 2.45. The number of carbonyl (C=O) groups excluding carboxylic acids is 1. The molecule has 9 heteroatoms. The topological polar surface area (TPSA) is 87.1 Å². The van der Waals surface area contributed by atoms with Crippen molar-refractivity contribution in [3.8, 4) is 5.75 Å². The Labute approximate surface area is 129 Å². The maximum absolute atomic E-state index is 12.3. The number of carbonyl (C=O) groups is 2. The molecule has 1 aliphatic heterocycles. The third-order valence-electron chi connectivity index (χ3n) is 3.59. The van der Waals surface area contributed by atoms with E-state index in [2.05, 4.69) is 4.74 Å². The molecule has 126 valence electrons. The lowest BCUT2D eigenvalue weighted by Gasteiger charge is -2.35. The molecule has 0 radical (unpaired) electrons. The minimum atomic E-state index is -4.86. The summed E-state index contributed by atoms with van der Waals surface area (Å²) in [5, 5.41) is 18.7. The van der Waals surface area contributed by atoms with E-state index in [1.807, 2.05) is 0 Å². The SMILES string of the molecule is O=C(c1cccc(OC(F)(F)F)c1)N1CCC(O)(C(=O)O)CC1. The van der Waals surface area contributed by atoms with Crippen LogP contribution in [0.1, 0.15) is 23.2 Å². The quantitative estimate of drug-likeness (QED) is 0.878. The second kappa shape index (κ2) is 6.07. The van der Waals surface area contributed by atoms with Crippen LogP contribution in [-0.2, 0) is 4.79 Å². The molecule has 0 atom stereocenters. The van der Waals surface area contributed by atoms with E-state index < -0.39 is 29.6 Å². The number of halogens is 3. The Morgan fingerprint density at radius 1 is 1.22 bits per heavy atom. The number of hydrogen-bond donors (Lipinski definition) is 2. The Morgan fingerprint density at radius 3 is 2.35 bits per heavy atom. The number of rotatable bonds is 3. The summed E-state index contributed by atoms with van der Waals surface area (Å²) in [6.07, 6.45) is -5.15. The average molecular weight is 333 g/mol. The van der Waals surface area contributed by atoms with Crippen LogP contribution < -0.4 is 4.74 Å². The van der Waals surface area contributed by atoms with Gasteiger partial charge in [-0.3, -0.25) is 4.79 Å². The smallest absolute Gasteiger partial charge is 0.479 e. The molecule has 2 N–H and O–H groups in total. The van der Waals surface area contributed by atoms with E-state index in [-0.39, 0.29) is 31.5 Å². The van der Waals surface area contributed by atoms with Gasteiger partial charge in [0.2, 0.25) is 0 Å². The lowest BCUT2D eigenvalue weighted by atomic mass is 9.91. The highest BCUT2D eigenvalue weighted by Gasteiger charge is 2.40. The van der Waals surface area contributed by atoms with Gasteiger partial charge in [-0.25, -0.2) is 4.79 Å². The van der Waals surface area contributed by atoms with Crippen LogP contribution in [0.5, 0.6) is 5.75 Å². The molecule has 2 rings (SSSR count). The largest absolute Gasteiger partial charge is 0.573 e. The summed E-state index contributed by atoms with van der Waals surface area (Å²) in [5.74, 6) is -2.42. The van der Waals surface area contributed by atoms with Gasteiger partial charge in [-0.15, -0.1) is 13.2 Å². The normalized spacial score (nSPS) is 17.7. The number of piperidine rings is 1. The summed E-state index contributed by atoms with van der Waals surface area (Å²) in [5.41, 5.74) is -1.88. The molecule has 6 nitrogen and oxygen atoms in total. The molecule has 0 unspecified atom stereocenters. The fourth-order valence-corrected chi connectivity index (χ4v) is 2.30. The van der Waals surface area contributed by atoms with Gasteiger partial charge < -0.3 is 19.8 Å². The van der Waals surface area contributed by atoms with Gasteiger partial charge in [-0.05, 0) is 18.2 Å². The van der Waals surface area contributed by atoms with Crippen LogP contribution in [-0.4, -0.2) is 52.0 Å². The first-order valence-electron chi connectivity index (χ1n) is 6.72. The highest BCUT2D eigenvalue weighted by atomic mass is 19.4.